The molecule has 0 aliphatic heterocycles. The first kappa shape index (κ1) is 11.1. The van der Waals surface area contributed by atoms with Crippen molar-refractivity contribution in [3.63, 3.8) is 0 Å². The van der Waals surface area contributed by atoms with Crippen molar-refractivity contribution in [1.82, 2.24) is 5.32 Å². The lowest BCUT2D eigenvalue weighted by Crippen LogP contribution is -2.10. The van der Waals surface area contributed by atoms with Crippen molar-refractivity contribution in [2.45, 2.75) is 19.3 Å². The van der Waals surface area contributed by atoms with Crippen molar-refractivity contribution in [1.29, 1.82) is 0 Å². The molecular weight excluding hydrogens is 184 g/mol. The van der Waals surface area contributed by atoms with E-state index in [-0.39, 0.29) is 5.92 Å². The Balaban J connectivity index is 2.73. The van der Waals surface area contributed by atoms with Gasteiger partial charge in [0.1, 0.15) is 11.6 Å². The molecule has 1 aromatic rings. The summed E-state index contributed by atoms with van der Waals surface area (Å²) >= 11 is 0. The highest BCUT2D eigenvalue weighted by Crippen LogP contribution is 2.20. The number of hydrogen-bond donors (Lipinski definition) is 1. The molecule has 0 saturated carbocycles. The molecule has 0 aliphatic carbocycles. The van der Waals surface area contributed by atoms with Crippen LogP contribution in [0, 0.1) is 11.6 Å². The monoisotopic (exact) mass is 199 g/mol. The Bertz CT molecular complexity index is 279. The summed E-state index contributed by atoms with van der Waals surface area (Å²) < 4.78 is 25.7. The smallest absolute Gasteiger partial charge is 0.126 e. The maximum absolute atomic E-state index is 12.9. The fraction of sp³-hybridized carbons (Fsp3) is 0.455. The lowest BCUT2D eigenvalue weighted by molar-refractivity contribution is 0.568. The first-order chi connectivity index (χ1) is 6.63. The Morgan fingerprint density at radius 3 is 2.29 bits per heavy atom. The molecule has 0 amide bonds. The second-order valence-corrected chi connectivity index (χ2v) is 3.50. The van der Waals surface area contributed by atoms with Gasteiger partial charge in [0.25, 0.3) is 0 Å². The van der Waals surface area contributed by atoms with E-state index in [1.807, 2.05) is 14.0 Å². The van der Waals surface area contributed by atoms with E-state index in [2.05, 4.69) is 5.32 Å². The van der Waals surface area contributed by atoms with Crippen LogP contribution in [0.1, 0.15) is 24.8 Å². The lowest BCUT2D eigenvalue weighted by Gasteiger charge is -2.11. The molecule has 1 nitrogen and oxygen atoms in total. The minimum Gasteiger partial charge on any atom is -0.320 e. The summed E-state index contributed by atoms with van der Waals surface area (Å²) in [6, 6.07) is 3.68. The van der Waals surface area contributed by atoms with Crippen molar-refractivity contribution >= 4 is 0 Å². The molecule has 1 unspecified atom stereocenters. The normalized spacial score (nSPS) is 12.9. The number of benzene rings is 1. The predicted octanol–water partition coefficient (Wildman–Crippen LogP) is 2.68. The third-order valence-electron chi connectivity index (χ3n) is 2.28. The molecule has 0 aliphatic rings. The molecule has 0 heterocycles. The Hall–Kier alpha value is -0.960. The molecule has 1 atom stereocenters. The number of rotatable bonds is 4. The predicted molar refractivity (Wildman–Crippen MR) is 53.3 cm³/mol. The molecule has 0 aromatic heterocycles. The first-order valence-corrected chi connectivity index (χ1v) is 4.74. The molecule has 1 rings (SSSR count). The highest BCUT2D eigenvalue weighted by Gasteiger charge is 2.07. The molecule has 1 aromatic carbocycles. The largest absolute Gasteiger partial charge is 0.320 e. The van der Waals surface area contributed by atoms with Crippen LogP contribution in [-0.4, -0.2) is 13.6 Å². The van der Waals surface area contributed by atoms with Gasteiger partial charge in [0, 0.05) is 6.07 Å². The number of halogens is 2. The molecular formula is C11H15F2N. The maximum atomic E-state index is 12.9. The molecule has 0 bridgehead atoms. The standard InChI is InChI=1S/C11H15F2N/c1-8(3-4-14-2)9-5-10(12)7-11(13)6-9/h5-8,14H,3-4H2,1-2H3. The van der Waals surface area contributed by atoms with Gasteiger partial charge >= 0.3 is 0 Å². The van der Waals surface area contributed by atoms with Crippen LogP contribution >= 0.6 is 0 Å². The summed E-state index contributed by atoms with van der Waals surface area (Å²) in [7, 11) is 1.86. The molecule has 0 radical (unpaired) electrons. The van der Waals surface area contributed by atoms with Crippen LogP contribution in [0.3, 0.4) is 0 Å². The molecule has 3 heteroatoms. The van der Waals surface area contributed by atoms with Gasteiger partial charge in [0.15, 0.2) is 0 Å². The fourth-order valence-corrected chi connectivity index (χ4v) is 1.39. The molecule has 1 N–H and O–H groups in total. The zero-order valence-electron chi connectivity index (χ0n) is 8.48. The van der Waals surface area contributed by atoms with Crippen molar-refractivity contribution in [3.8, 4) is 0 Å². The van der Waals surface area contributed by atoms with E-state index in [0.717, 1.165) is 24.6 Å². The second-order valence-electron chi connectivity index (χ2n) is 3.50. The molecule has 0 fully saturated rings. The zero-order chi connectivity index (χ0) is 10.6. The van der Waals surface area contributed by atoms with Gasteiger partial charge in [0.2, 0.25) is 0 Å². The van der Waals surface area contributed by atoms with Crippen molar-refractivity contribution in [2.75, 3.05) is 13.6 Å². The Morgan fingerprint density at radius 2 is 1.79 bits per heavy atom. The van der Waals surface area contributed by atoms with E-state index in [0.29, 0.717) is 0 Å². The van der Waals surface area contributed by atoms with Crippen LogP contribution in [0.2, 0.25) is 0 Å². The third-order valence-corrected chi connectivity index (χ3v) is 2.28. The average molecular weight is 199 g/mol. The van der Waals surface area contributed by atoms with Gasteiger partial charge in [-0.1, -0.05) is 6.92 Å². The van der Waals surface area contributed by atoms with Gasteiger partial charge in [-0.05, 0) is 43.6 Å². The van der Waals surface area contributed by atoms with Gasteiger partial charge in [-0.15, -0.1) is 0 Å². The van der Waals surface area contributed by atoms with Gasteiger partial charge in [-0.2, -0.15) is 0 Å². The summed E-state index contributed by atoms with van der Waals surface area (Å²) in [6.07, 6.45) is 0.874. The second kappa shape index (κ2) is 5.05. The van der Waals surface area contributed by atoms with Crippen LogP contribution in [0.25, 0.3) is 0 Å². The van der Waals surface area contributed by atoms with Crippen LogP contribution < -0.4 is 5.32 Å². The van der Waals surface area contributed by atoms with E-state index >= 15 is 0 Å². The summed E-state index contributed by atoms with van der Waals surface area (Å²) in [6.45, 7) is 2.81. The summed E-state index contributed by atoms with van der Waals surface area (Å²) in [5, 5.41) is 3.01. The Kier molecular flexibility index (Phi) is 4.01. The third kappa shape index (κ3) is 3.07. The number of nitrogens with one attached hydrogen (secondary N) is 1. The van der Waals surface area contributed by atoms with Gasteiger partial charge in [-0.3, -0.25) is 0 Å². The van der Waals surface area contributed by atoms with E-state index in [9.17, 15) is 8.78 Å². The molecule has 78 valence electrons. The SMILES string of the molecule is CNCCC(C)c1cc(F)cc(F)c1. The maximum Gasteiger partial charge on any atom is 0.126 e. The van der Waals surface area contributed by atoms with Crippen LogP contribution in [0.4, 0.5) is 8.78 Å². The lowest BCUT2D eigenvalue weighted by atomic mass is 9.97. The van der Waals surface area contributed by atoms with Crippen LogP contribution in [0.15, 0.2) is 18.2 Å². The zero-order valence-corrected chi connectivity index (χ0v) is 8.48. The van der Waals surface area contributed by atoms with Crippen molar-refractivity contribution in [3.05, 3.63) is 35.4 Å². The van der Waals surface area contributed by atoms with Gasteiger partial charge in [-0.25, -0.2) is 8.78 Å². The Morgan fingerprint density at radius 1 is 1.21 bits per heavy atom. The fourth-order valence-electron chi connectivity index (χ4n) is 1.39. The molecule has 14 heavy (non-hydrogen) atoms. The number of hydrogen-bond acceptors (Lipinski definition) is 1. The van der Waals surface area contributed by atoms with E-state index in [1.54, 1.807) is 0 Å². The minimum absolute atomic E-state index is 0.174. The highest BCUT2D eigenvalue weighted by molar-refractivity contribution is 5.21. The summed E-state index contributed by atoms with van der Waals surface area (Å²) in [4.78, 5) is 0. The topological polar surface area (TPSA) is 12.0 Å². The minimum atomic E-state index is -0.503. The Labute approximate surface area is 83.1 Å². The van der Waals surface area contributed by atoms with Crippen molar-refractivity contribution in [2.24, 2.45) is 0 Å². The van der Waals surface area contributed by atoms with Crippen LogP contribution in [0.5, 0.6) is 0 Å². The molecule has 0 spiro atoms. The van der Waals surface area contributed by atoms with Crippen LogP contribution in [-0.2, 0) is 0 Å². The first-order valence-electron chi connectivity index (χ1n) is 4.74. The van der Waals surface area contributed by atoms with Gasteiger partial charge in [0.05, 0.1) is 0 Å². The van der Waals surface area contributed by atoms with E-state index in [1.165, 1.54) is 12.1 Å². The van der Waals surface area contributed by atoms with Crippen molar-refractivity contribution < 1.29 is 8.78 Å². The summed E-state index contributed by atoms with van der Waals surface area (Å²) in [5.74, 6) is -0.833. The summed E-state index contributed by atoms with van der Waals surface area (Å²) in [5.41, 5.74) is 0.720. The quantitative estimate of drug-likeness (QED) is 0.786. The average Bonchev–Trinajstić information content (AvgIpc) is 2.12. The van der Waals surface area contributed by atoms with Gasteiger partial charge < -0.3 is 5.32 Å². The highest BCUT2D eigenvalue weighted by atomic mass is 19.1. The molecule has 0 saturated heterocycles. The van der Waals surface area contributed by atoms with E-state index < -0.39 is 11.6 Å². The van der Waals surface area contributed by atoms with E-state index in [4.69, 9.17) is 0 Å².